The number of rotatable bonds is 5. The van der Waals surface area contributed by atoms with Crippen LogP contribution < -0.4 is 14.8 Å². The third-order valence-electron chi connectivity index (χ3n) is 5.81. The molecule has 156 valence electrons. The fourth-order valence-electron chi connectivity index (χ4n) is 4.22. The molecule has 0 saturated carbocycles. The summed E-state index contributed by atoms with van der Waals surface area (Å²) in [7, 11) is 0. The number of carbonyl (C=O) groups excluding carboxylic acids is 1. The molecule has 3 heterocycles. The second kappa shape index (κ2) is 8.24. The first-order valence-corrected chi connectivity index (χ1v) is 11.2. The first-order chi connectivity index (χ1) is 14.7. The van der Waals surface area contributed by atoms with E-state index in [1.54, 1.807) is 11.3 Å². The van der Waals surface area contributed by atoms with Crippen molar-refractivity contribution >= 4 is 27.5 Å². The highest BCUT2D eigenvalue weighted by Crippen LogP contribution is 2.34. The molecule has 2 atom stereocenters. The number of hydrogen-bond acceptors (Lipinski definition) is 6. The Morgan fingerprint density at radius 2 is 2.13 bits per heavy atom. The minimum atomic E-state index is -0.0863. The number of piperidine rings is 1. The van der Waals surface area contributed by atoms with E-state index in [1.165, 1.54) is 9.71 Å². The molecule has 0 bridgehead atoms. The molecule has 0 aliphatic carbocycles. The first kappa shape index (κ1) is 19.3. The summed E-state index contributed by atoms with van der Waals surface area (Å²) in [5, 5.41) is 4.31. The minimum Gasteiger partial charge on any atom is -0.454 e. The number of likely N-dealkylation sites (tertiary alicyclic amines) is 1. The lowest BCUT2D eigenvalue weighted by Crippen LogP contribution is -2.42. The third kappa shape index (κ3) is 4.00. The van der Waals surface area contributed by atoms with Crippen LogP contribution in [0.25, 0.3) is 10.2 Å². The average molecular weight is 424 g/mol. The van der Waals surface area contributed by atoms with E-state index in [0.717, 1.165) is 48.5 Å². The van der Waals surface area contributed by atoms with Gasteiger partial charge in [-0.15, -0.1) is 11.3 Å². The smallest absolute Gasteiger partial charge is 0.234 e. The molecule has 5 rings (SSSR count). The maximum atomic E-state index is 12.7. The standard InChI is InChI=1S/C23H25N3O3S/c1-15(16-8-9-19-20(11-16)29-14-28-19)24-22(27)13-26-10-4-5-17(12-26)23-25-18-6-2-3-7-21(18)30-23/h2-3,6-9,11,15,17H,4-5,10,12-14H2,1H3,(H,24,27)/t15-,17-/m1/s1. The van der Waals surface area contributed by atoms with Gasteiger partial charge >= 0.3 is 0 Å². The molecule has 6 nitrogen and oxygen atoms in total. The molecule has 1 N–H and O–H groups in total. The summed E-state index contributed by atoms with van der Waals surface area (Å²) < 4.78 is 12.0. The van der Waals surface area contributed by atoms with Gasteiger partial charge in [0, 0.05) is 12.5 Å². The normalized spacial score (nSPS) is 19.7. The van der Waals surface area contributed by atoms with Crippen molar-refractivity contribution in [3.63, 3.8) is 0 Å². The van der Waals surface area contributed by atoms with Crippen LogP contribution in [0.2, 0.25) is 0 Å². The number of thiazole rings is 1. The number of ether oxygens (including phenoxy) is 2. The molecule has 2 aromatic carbocycles. The summed E-state index contributed by atoms with van der Waals surface area (Å²) in [6.45, 7) is 4.50. The molecule has 1 fully saturated rings. The number of aromatic nitrogens is 1. The number of fused-ring (bicyclic) bond motifs is 2. The highest BCUT2D eigenvalue weighted by molar-refractivity contribution is 7.18. The van der Waals surface area contributed by atoms with Crippen molar-refractivity contribution in [2.75, 3.05) is 26.4 Å². The van der Waals surface area contributed by atoms with E-state index in [0.29, 0.717) is 12.5 Å². The van der Waals surface area contributed by atoms with E-state index in [1.807, 2.05) is 31.2 Å². The van der Waals surface area contributed by atoms with Crippen LogP contribution in [0, 0.1) is 0 Å². The van der Waals surface area contributed by atoms with Gasteiger partial charge < -0.3 is 14.8 Å². The van der Waals surface area contributed by atoms with Gasteiger partial charge in [-0.25, -0.2) is 4.98 Å². The van der Waals surface area contributed by atoms with Crippen LogP contribution in [0.15, 0.2) is 42.5 Å². The van der Waals surface area contributed by atoms with Crippen molar-refractivity contribution in [1.29, 1.82) is 0 Å². The maximum absolute atomic E-state index is 12.7. The lowest BCUT2D eigenvalue weighted by Gasteiger charge is -2.31. The average Bonchev–Trinajstić information content (AvgIpc) is 3.40. The predicted molar refractivity (Wildman–Crippen MR) is 117 cm³/mol. The zero-order chi connectivity index (χ0) is 20.5. The Labute approximate surface area is 179 Å². The number of nitrogens with one attached hydrogen (secondary N) is 1. The SMILES string of the molecule is C[C@@H](NC(=O)CN1CCC[C@@H](c2nc3ccccc3s2)C1)c1ccc2c(c1)OCO2. The van der Waals surface area contributed by atoms with Crippen LogP contribution in [0.3, 0.4) is 0 Å². The molecule has 0 spiro atoms. The molecule has 1 aromatic heterocycles. The lowest BCUT2D eigenvalue weighted by atomic mass is 9.98. The number of nitrogens with zero attached hydrogens (tertiary/aromatic N) is 2. The zero-order valence-corrected chi connectivity index (χ0v) is 17.8. The van der Waals surface area contributed by atoms with Gasteiger partial charge in [0.2, 0.25) is 12.7 Å². The molecule has 2 aliphatic heterocycles. The number of carbonyl (C=O) groups is 1. The Kier molecular flexibility index (Phi) is 5.31. The number of hydrogen-bond donors (Lipinski definition) is 1. The third-order valence-corrected chi connectivity index (χ3v) is 7.01. The van der Waals surface area contributed by atoms with Crippen LogP contribution in [-0.2, 0) is 4.79 Å². The Morgan fingerprint density at radius 3 is 3.03 bits per heavy atom. The van der Waals surface area contributed by atoms with E-state index in [-0.39, 0.29) is 18.7 Å². The van der Waals surface area contributed by atoms with Crippen LogP contribution in [0.5, 0.6) is 11.5 Å². The van der Waals surface area contributed by atoms with Crippen molar-refractivity contribution < 1.29 is 14.3 Å². The Bertz CT molecular complexity index is 1030. The molecule has 0 unspecified atom stereocenters. The number of para-hydroxylation sites is 1. The summed E-state index contributed by atoms with van der Waals surface area (Å²) >= 11 is 1.78. The Morgan fingerprint density at radius 1 is 1.27 bits per heavy atom. The van der Waals surface area contributed by atoms with Gasteiger partial charge in [-0.05, 0) is 56.1 Å². The summed E-state index contributed by atoms with van der Waals surface area (Å²) in [5.74, 6) is 1.94. The lowest BCUT2D eigenvalue weighted by molar-refractivity contribution is -0.123. The monoisotopic (exact) mass is 423 g/mol. The second-order valence-corrected chi connectivity index (χ2v) is 9.06. The molecule has 7 heteroatoms. The Hall–Kier alpha value is -2.64. The number of benzene rings is 2. The summed E-state index contributed by atoms with van der Waals surface area (Å²) in [6, 6.07) is 14.0. The van der Waals surface area contributed by atoms with E-state index < -0.39 is 0 Å². The summed E-state index contributed by atoms with van der Waals surface area (Å²) in [5.41, 5.74) is 2.09. The molecule has 3 aromatic rings. The van der Waals surface area contributed by atoms with Gasteiger partial charge in [-0.1, -0.05) is 18.2 Å². The highest BCUT2D eigenvalue weighted by atomic mass is 32.1. The quantitative estimate of drug-likeness (QED) is 0.670. The molecule has 30 heavy (non-hydrogen) atoms. The zero-order valence-electron chi connectivity index (χ0n) is 17.0. The number of amides is 1. The van der Waals surface area contributed by atoms with Gasteiger partial charge in [0.1, 0.15) is 0 Å². The van der Waals surface area contributed by atoms with Crippen molar-refractivity contribution in [2.24, 2.45) is 0 Å². The maximum Gasteiger partial charge on any atom is 0.234 e. The van der Waals surface area contributed by atoms with Gasteiger partial charge in [0.15, 0.2) is 11.5 Å². The van der Waals surface area contributed by atoms with E-state index in [4.69, 9.17) is 14.5 Å². The molecule has 1 amide bonds. The fraction of sp³-hybridized carbons (Fsp3) is 0.391. The highest BCUT2D eigenvalue weighted by Gasteiger charge is 2.26. The molecular formula is C23H25N3O3S. The van der Waals surface area contributed by atoms with Crippen molar-refractivity contribution in [3.05, 3.63) is 53.0 Å². The molecule has 0 radical (unpaired) electrons. The predicted octanol–water partition coefficient (Wildman–Crippen LogP) is 4.08. The summed E-state index contributed by atoms with van der Waals surface area (Å²) in [6.07, 6.45) is 2.22. The van der Waals surface area contributed by atoms with Crippen LogP contribution >= 0.6 is 11.3 Å². The van der Waals surface area contributed by atoms with E-state index in [2.05, 4.69) is 28.4 Å². The minimum absolute atomic E-state index is 0.0464. The molecule has 2 aliphatic rings. The van der Waals surface area contributed by atoms with Crippen LogP contribution in [0.4, 0.5) is 0 Å². The van der Waals surface area contributed by atoms with Crippen molar-refractivity contribution in [3.8, 4) is 11.5 Å². The van der Waals surface area contributed by atoms with Gasteiger partial charge in [0.25, 0.3) is 0 Å². The van der Waals surface area contributed by atoms with Gasteiger partial charge in [-0.3, -0.25) is 9.69 Å². The molecular weight excluding hydrogens is 398 g/mol. The van der Waals surface area contributed by atoms with E-state index >= 15 is 0 Å². The Balaban J connectivity index is 1.19. The van der Waals surface area contributed by atoms with Crippen molar-refractivity contribution in [1.82, 2.24) is 15.2 Å². The van der Waals surface area contributed by atoms with Crippen LogP contribution in [-0.4, -0.2) is 42.2 Å². The molecule has 1 saturated heterocycles. The first-order valence-electron chi connectivity index (χ1n) is 10.4. The van der Waals surface area contributed by atoms with Gasteiger partial charge in [-0.2, -0.15) is 0 Å². The fourth-order valence-corrected chi connectivity index (χ4v) is 5.31. The largest absolute Gasteiger partial charge is 0.454 e. The second-order valence-electron chi connectivity index (χ2n) is 8.00. The van der Waals surface area contributed by atoms with E-state index in [9.17, 15) is 4.79 Å². The van der Waals surface area contributed by atoms with Crippen molar-refractivity contribution in [2.45, 2.75) is 31.7 Å². The van der Waals surface area contributed by atoms with Gasteiger partial charge in [0.05, 0.1) is 27.8 Å². The summed E-state index contributed by atoms with van der Waals surface area (Å²) in [4.78, 5) is 19.8. The van der Waals surface area contributed by atoms with Crippen LogP contribution in [0.1, 0.15) is 42.3 Å². The topological polar surface area (TPSA) is 63.7 Å².